The van der Waals surface area contributed by atoms with E-state index in [-0.39, 0.29) is 11.8 Å². The van der Waals surface area contributed by atoms with Gasteiger partial charge in [0, 0.05) is 27.6 Å². The zero-order valence-electron chi connectivity index (χ0n) is 11.1. The fraction of sp³-hybridized carbons (Fsp3) is 0.400. The normalized spacial score (nSPS) is 16.5. The molecule has 1 aliphatic rings. The first-order valence-corrected chi connectivity index (χ1v) is 6.44. The smallest absolute Gasteiger partial charge is 0.304 e. The Kier molecular flexibility index (Phi) is 2.55. The molecule has 2 N–H and O–H groups in total. The average molecular weight is 259 g/mol. The minimum atomic E-state index is -0.748. The number of aromatic amines is 1. The third-order valence-corrected chi connectivity index (χ3v) is 3.99. The third kappa shape index (κ3) is 1.97. The number of aromatic nitrogens is 1. The number of benzene rings is 1. The van der Waals surface area contributed by atoms with E-state index in [1.807, 2.05) is 13.0 Å². The molecular formula is C15H17NO3. The molecule has 0 atom stereocenters. The Morgan fingerprint density at radius 2 is 2.16 bits per heavy atom. The van der Waals surface area contributed by atoms with Crippen molar-refractivity contribution >= 4 is 16.9 Å². The first-order valence-electron chi connectivity index (χ1n) is 6.44. The Morgan fingerprint density at radius 3 is 2.74 bits per heavy atom. The number of nitrogens with one attached hydrogen (secondary N) is 1. The molecule has 4 nitrogen and oxygen atoms in total. The minimum absolute atomic E-state index is 0.175. The topological polar surface area (TPSA) is 62.3 Å². The SMILES string of the molecule is COc1cc2cc(C)[nH]c2cc1C1(CC(=O)O)CC1. The Balaban J connectivity index is 2.13. The number of aryl methyl sites for hydroxylation is 1. The molecule has 1 aliphatic carbocycles. The number of hydrogen-bond donors (Lipinski definition) is 2. The number of carbonyl (C=O) groups is 1. The van der Waals surface area contributed by atoms with Gasteiger partial charge in [-0.25, -0.2) is 0 Å². The van der Waals surface area contributed by atoms with Gasteiger partial charge in [0.15, 0.2) is 0 Å². The van der Waals surface area contributed by atoms with E-state index in [9.17, 15) is 4.79 Å². The van der Waals surface area contributed by atoms with E-state index in [2.05, 4.69) is 17.1 Å². The summed E-state index contributed by atoms with van der Waals surface area (Å²) in [6.07, 6.45) is 2.01. The van der Waals surface area contributed by atoms with E-state index in [1.54, 1.807) is 7.11 Å². The molecule has 0 bridgehead atoms. The van der Waals surface area contributed by atoms with Gasteiger partial charge in [-0.05, 0) is 38.0 Å². The van der Waals surface area contributed by atoms with Gasteiger partial charge in [-0.2, -0.15) is 0 Å². The van der Waals surface area contributed by atoms with Crippen LogP contribution in [0.25, 0.3) is 10.9 Å². The predicted molar refractivity (Wildman–Crippen MR) is 72.8 cm³/mol. The third-order valence-electron chi connectivity index (χ3n) is 3.99. The first kappa shape index (κ1) is 12.1. The van der Waals surface area contributed by atoms with E-state index in [4.69, 9.17) is 9.84 Å². The van der Waals surface area contributed by atoms with Crippen LogP contribution >= 0.6 is 0 Å². The van der Waals surface area contributed by atoms with Gasteiger partial charge in [0.05, 0.1) is 13.5 Å². The van der Waals surface area contributed by atoms with Crippen molar-refractivity contribution in [2.24, 2.45) is 0 Å². The van der Waals surface area contributed by atoms with Crippen LogP contribution < -0.4 is 4.74 Å². The maximum Gasteiger partial charge on any atom is 0.304 e. The highest BCUT2D eigenvalue weighted by molar-refractivity contribution is 5.84. The number of H-pyrrole nitrogens is 1. The standard InChI is InChI=1S/C15H17NO3/c1-9-5-10-6-13(19-2)11(7-12(10)16-9)15(3-4-15)8-14(17)18/h5-7,16H,3-4,8H2,1-2H3,(H,17,18). The molecule has 3 rings (SSSR count). The van der Waals surface area contributed by atoms with Crippen molar-refractivity contribution in [2.45, 2.75) is 31.6 Å². The number of fused-ring (bicyclic) bond motifs is 1. The maximum atomic E-state index is 11.0. The molecule has 100 valence electrons. The van der Waals surface area contributed by atoms with Crippen LogP contribution in [0.4, 0.5) is 0 Å². The van der Waals surface area contributed by atoms with Gasteiger partial charge in [0.2, 0.25) is 0 Å². The van der Waals surface area contributed by atoms with Crippen LogP contribution in [0.3, 0.4) is 0 Å². The van der Waals surface area contributed by atoms with E-state index >= 15 is 0 Å². The number of aliphatic carboxylic acids is 1. The number of ether oxygens (including phenoxy) is 1. The van der Waals surface area contributed by atoms with Crippen LogP contribution in [-0.4, -0.2) is 23.2 Å². The maximum absolute atomic E-state index is 11.0. The molecule has 0 amide bonds. The molecule has 0 aliphatic heterocycles. The summed E-state index contributed by atoms with van der Waals surface area (Å²) in [7, 11) is 1.64. The van der Waals surface area contributed by atoms with Gasteiger partial charge in [0.25, 0.3) is 0 Å². The lowest BCUT2D eigenvalue weighted by molar-refractivity contribution is -0.137. The van der Waals surface area contributed by atoms with Gasteiger partial charge < -0.3 is 14.8 Å². The number of methoxy groups -OCH3 is 1. The van der Waals surface area contributed by atoms with Gasteiger partial charge in [-0.1, -0.05) is 0 Å². The molecule has 0 radical (unpaired) electrons. The summed E-state index contributed by atoms with van der Waals surface area (Å²) in [5, 5.41) is 10.2. The number of hydrogen-bond acceptors (Lipinski definition) is 2. The summed E-state index contributed by atoms with van der Waals surface area (Å²) in [5.41, 5.74) is 2.93. The van der Waals surface area contributed by atoms with Crippen LogP contribution in [0.1, 0.15) is 30.5 Å². The van der Waals surface area contributed by atoms with Gasteiger partial charge in [0.1, 0.15) is 5.75 Å². The fourth-order valence-electron chi connectivity index (χ4n) is 2.87. The van der Waals surface area contributed by atoms with Gasteiger partial charge in [-0.15, -0.1) is 0 Å². The zero-order valence-corrected chi connectivity index (χ0v) is 11.1. The molecular weight excluding hydrogens is 242 g/mol. The van der Waals surface area contributed by atoms with Crippen molar-refractivity contribution in [2.75, 3.05) is 7.11 Å². The zero-order chi connectivity index (χ0) is 13.6. The van der Waals surface area contributed by atoms with Crippen LogP contribution in [0, 0.1) is 6.92 Å². The van der Waals surface area contributed by atoms with Gasteiger partial charge >= 0.3 is 5.97 Å². The lowest BCUT2D eigenvalue weighted by atomic mass is 9.91. The highest BCUT2D eigenvalue weighted by Crippen LogP contribution is 2.54. The second-order valence-electron chi connectivity index (χ2n) is 5.44. The van der Waals surface area contributed by atoms with Crippen molar-refractivity contribution < 1.29 is 14.6 Å². The van der Waals surface area contributed by atoms with Crippen molar-refractivity contribution in [3.63, 3.8) is 0 Å². The second kappa shape index (κ2) is 4.02. The van der Waals surface area contributed by atoms with Crippen LogP contribution in [0.15, 0.2) is 18.2 Å². The molecule has 0 unspecified atom stereocenters. The highest BCUT2D eigenvalue weighted by Gasteiger charge is 2.47. The molecule has 1 fully saturated rings. The minimum Gasteiger partial charge on any atom is -0.496 e. The second-order valence-corrected chi connectivity index (χ2v) is 5.44. The van der Waals surface area contributed by atoms with Crippen molar-refractivity contribution in [3.8, 4) is 5.75 Å². The Bertz CT molecular complexity index is 653. The summed E-state index contributed by atoms with van der Waals surface area (Å²) in [5.74, 6) is 0.0487. The van der Waals surface area contributed by atoms with Gasteiger partial charge in [-0.3, -0.25) is 4.79 Å². The van der Waals surface area contributed by atoms with E-state index in [1.165, 1.54) is 0 Å². The average Bonchev–Trinajstić information content (AvgIpc) is 3.01. The van der Waals surface area contributed by atoms with E-state index in [0.29, 0.717) is 0 Å². The van der Waals surface area contributed by atoms with Crippen LogP contribution in [-0.2, 0) is 10.2 Å². The molecule has 1 aromatic heterocycles. The Hall–Kier alpha value is -1.97. The molecule has 4 heteroatoms. The molecule has 1 saturated carbocycles. The summed E-state index contributed by atoms with van der Waals surface area (Å²) in [4.78, 5) is 14.3. The van der Waals surface area contributed by atoms with Crippen LogP contribution in [0.2, 0.25) is 0 Å². The lowest BCUT2D eigenvalue weighted by Gasteiger charge is -2.17. The molecule has 19 heavy (non-hydrogen) atoms. The molecule has 1 aromatic carbocycles. The molecule has 0 saturated heterocycles. The Morgan fingerprint density at radius 1 is 1.42 bits per heavy atom. The molecule has 0 spiro atoms. The summed E-state index contributed by atoms with van der Waals surface area (Å²) < 4.78 is 5.46. The summed E-state index contributed by atoms with van der Waals surface area (Å²) in [6.45, 7) is 2.01. The predicted octanol–water partition coefficient (Wildman–Crippen LogP) is 2.99. The molecule has 2 aromatic rings. The monoisotopic (exact) mass is 259 g/mol. The fourth-order valence-corrected chi connectivity index (χ4v) is 2.87. The van der Waals surface area contributed by atoms with E-state index < -0.39 is 5.97 Å². The number of rotatable bonds is 4. The van der Waals surface area contributed by atoms with Crippen molar-refractivity contribution in [1.82, 2.24) is 4.98 Å². The summed E-state index contributed by atoms with van der Waals surface area (Å²) in [6, 6.07) is 6.12. The number of carboxylic acids is 1. The quantitative estimate of drug-likeness (QED) is 0.887. The number of carboxylic acid groups (broad SMARTS) is 1. The van der Waals surface area contributed by atoms with Crippen LogP contribution in [0.5, 0.6) is 5.75 Å². The van der Waals surface area contributed by atoms with Crippen molar-refractivity contribution in [1.29, 1.82) is 0 Å². The lowest BCUT2D eigenvalue weighted by Crippen LogP contribution is -2.14. The summed E-state index contributed by atoms with van der Waals surface area (Å²) >= 11 is 0. The first-order chi connectivity index (χ1) is 9.04. The Labute approximate surface area is 111 Å². The molecule has 1 heterocycles. The largest absolute Gasteiger partial charge is 0.496 e. The van der Waals surface area contributed by atoms with E-state index in [0.717, 1.165) is 40.8 Å². The van der Waals surface area contributed by atoms with Crippen molar-refractivity contribution in [3.05, 3.63) is 29.5 Å². The highest BCUT2D eigenvalue weighted by atomic mass is 16.5.